The Morgan fingerprint density at radius 2 is 2.33 bits per heavy atom. The number of anilines is 1. The van der Waals surface area contributed by atoms with E-state index in [4.69, 9.17) is 21.9 Å². The summed E-state index contributed by atoms with van der Waals surface area (Å²) in [6.07, 6.45) is 0.679. The first-order chi connectivity index (χ1) is 7.31. The molecular formula is C11H9ClN2O. The van der Waals surface area contributed by atoms with Crippen molar-refractivity contribution in [3.05, 3.63) is 23.8 Å². The normalized spacial score (nSPS) is 9.93. The van der Waals surface area contributed by atoms with Crippen molar-refractivity contribution in [1.82, 2.24) is 5.16 Å². The molecule has 0 aliphatic heterocycles. The van der Waals surface area contributed by atoms with E-state index < -0.39 is 0 Å². The zero-order valence-corrected chi connectivity index (χ0v) is 8.71. The number of nitrogens with zero attached hydrogens (tertiary/aromatic N) is 1. The van der Waals surface area contributed by atoms with Crippen LogP contribution in [0.15, 0.2) is 22.7 Å². The fourth-order valence-electron chi connectivity index (χ4n) is 1.25. The third-order valence-electron chi connectivity index (χ3n) is 1.95. The Morgan fingerprint density at radius 1 is 1.47 bits per heavy atom. The number of alkyl halides is 1. The molecule has 0 atom stereocenters. The number of nitrogen functional groups attached to an aromatic ring is 1. The summed E-state index contributed by atoms with van der Waals surface area (Å²) in [7, 11) is 0. The number of fused-ring (bicyclic) bond motifs is 1. The highest BCUT2D eigenvalue weighted by Gasteiger charge is 2.03. The van der Waals surface area contributed by atoms with Crippen LogP contribution in [0.4, 0.5) is 5.82 Å². The topological polar surface area (TPSA) is 52.0 Å². The molecule has 15 heavy (non-hydrogen) atoms. The number of hydrogen-bond donors (Lipinski definition) is 1. The highest BCUT2D eigenvalue weighted by atomic mass is 35.5. The number of aromatic nitrogens is 1. The van der Waals surface area contributed by atoms with Gasteiger partial charge in [0.15, 0.2) is 11.4 Å². The third-order valence-corrected chi connectivity index (χ3v) is 2.14. The summed E-state index contributed by atoms with van der Waals surface area (Å²) in [5.41, 5.74) is 7.19. The molecule has 2 rings (SSSR count). The second-order valence-electron chi connectivity index (χ2n) is 3.02. The molecule has 0 saturated heterocycles. The van der Waals surface area contributed by atoms with Gasteiger partial charge in [-0.3, -0.25) is 0 Å². The Morgan fingerprint density at radius 3 is 3.13 bits per heavy atom. The van der Waals surface area contributed by atoms with E-state index in [0.717, 1.165) is 10.9 Å². The molecule has 0 spiro atoms. The van der Waals surface area contributed by atoms with Crippen molar-refractivity contribution in [2.75, 3.05) is 11.6 Å². The van der Waals surface area contributed by atoms with E-state index in [1.807, 2.05) is 18.2 Å². The van der Waals surface area contributed by atoms with Crippen molar-refractivity contribution >= 4 is 28.4 Å². The maximum Gasteiger partial charge on any atom is 0.174 e. The molecule has 0 unspecified atom stereocenters. The maximum absolute atomic E-state index is 5.63. The van der Waals surface area contributed by atoms with Crippen LogP contribution in [0.2, 0.25) is 0 Å². The van der Waals surface area contributed by atoms with Gasteiger partial charge in [0, 0.05) is 17.9 Å². The monoisotopic (exact) mass is 220 g/mol. The van der Waals surface area contributed by atoms with E-state index in [1.54, 1.807) is 0 Å². The van der Waals surface area contributed by atoms with Crippen molar-refractivity contribution in [1.29, 1.82) is 0 Å². The Kier molecular flexibility index (Phi) is 2.79. The van der Waals surface area contributed by atoms with Gasteiger partial charge in [-0.15, -0.1) is 11.6 Å². The van der Waals surface area contributed by atoms with Gasteiger partial charge >= 0.3 is 0 Å². The number of halogens is 1. The lowest BCUT2D eigenvalue weighted by Gasteiger charge is -1.90. The van der Waals surface area contributed by atoms with E-state index in [0.29, 0.717) is 23.7 Å². The van der Waals surface area contributed by atoms with Gasteiger partial charge in [-0.2, -0.15) is 0 Å². The van der Waals surface area contributed by atoms with Crippen LogP contribution in [-0.2, 0) is 0 Å². The van der Waals surface area contributed by atoms with Gasteiger partial charge in [-0.1, -0.05) is 17.0 Å². The van der Waals surface area contributed by atoms with Crippen LogP contribution in [-0.4, -0.2) is 11.0 Å². The average Bonchev–Trinajstić information content (AvgIpc) is 2.61. The minimum absolute atomic E-state index is 0.394. The average molecular weight is 221 g/mol. The fourth-order valence-corrected chi connectivity index (χ4v) is 1.34. The molecule has 1 aromatic carbocycles. The first kappa shape index (κ1) is 9.88. The molecule has 3 nitrogen and oxygen atoms in total. The molecule has 0 aliphatic rings. The van der Waals surface area contributed by atoms with E-state index in [9.17, 15) is 0 Å². The summed E-state index contributed by atoms with van der Waals surface area (Å²) < 4.78 is 4.99. The lowest BCUT2D eigenvalue weighted by molar-refractivity contribution is 0.460. The lowest BCUT2D eigenvalue weighted by Crippen LogP contribution is -1.83. The highest BCUT2D eigenvalue weighted by Crippen LogP contribution is 2.20. The Hall–Kier alpha value is -1.66. The zero-order valence-electron chi connectivity index (χ0n) is 7.96. The summed E-state index contributed by atoms with van der Waals surface area (Å²) in [6.45, 7) is 0. The summed E-state index contributed by atoms with van der Waals surface area (Å²) in [6, 6.07) is 5.54. The Balaban J connectivity index is 2.38. The fraction of sp³-hybridized carbons (Fsp3) is 0.182. The van der Waals surface area contributed by atoms with Gasteiger partial charge in [0.25, 0.3) is 0 Å². The van der Waals surface area contributed by atoms with Crippen molar-refractivity contribution in [2.24, 2.45) is 0 Å². The minimum atomic E-state index is 0.394. The van der Waals surface area contributed by atoms with E-state index >= 15 is 0 Å². The van der Waals surface area contributed by atoms with E-state index in [-0.39, 0.29) is 0 Å². The van der Waals surface area contributed by atoms with Gasteiger partial charge in [0.1, 0.15) is 0 Å². The SMILES string of the molecule is Nc1noc2ccc(C#CCCCl)cc12. The van der Waals surface area contributed by atoms with Crippen LogP contribution in [0.3, 0.4) is 0 Å². The summed E-state index contributed by atoms with van der Waals surface area (Å²) in [4.78, 5) is 0. The van der Waals surface area contributed by atoms with Gasteiger partial charge in [0.05, 0.1) is 5.39 Å². The molecule has 76 valence electrons. The highest BCUT2D eigenvalue weighted by molar-refractivity contribution is 6.18. The molecule has 0 amide bonds. The molecule has 1 aromatic heterocycles. The van der Waals surface area contributed by atoms with Crippen LogP contribution in [0, 0.1) is 11.8 Å². The standard InChI is InChI=1S/C11H9ClN2O/c12-6-2-1-3-8-4-5-10-9(7-8)11(13)14-15-10/h4-5,7H,2,6H2,(H2,13,14). The minimum Gasteiger partial charge on any atom is -0.380 e. The summed E-state index contributed by atoms with van der Waals surface area (Å²) in [5.74, 6) is 6.89. The second-order valence-corrected chi connectivity index (χ2v) is 3.40. The quantitative estimate of drug-likeness (QED) is 0.593. The van der Waals surface area contributed by atoms with Crippen LogP contribution < -0.4 is 5.73 Å². The predicted molar refractivity (Wildman–Crippen MR) is 60.6 cm³/mol. The van der Waals surface area contributed by atoms with Gasteiger partial charge < -0.3 is 10.3 Å². The van der Waals surface area contributed by atoms with Crippen molar-refractivity contribution in [3.8, 4) is 11.8 Å². The molecule has 0 saturated carbocycles. The lowest BCUT2D eigenvalue weighted by atomic mass is 10.1. The van der Waals surface area contributed by atoms with Crippen LogP contribution in [0.1, 0.15) is 12.0 Å². The second kappa shape index (κ2) is 4.24. The van der Waals surface area contributed by atoms with Gasteiger partial charge in [0.2, 0.25) is 0 Å². The molecule has 0 fully saturated rings. The van der Waals surface area contributed by atoms with Gasteiger partial charge in [-0.05, 0) is 18.2 Å². The van der Waals surface area contributed by atoms with E-state index in [2.05, 4.69) is 17.0 Å². The van der Waals surface area contributed by atoms with Crippen LogP contribution in [0.5, 0.6) is 0 Å². The smallest absolute Gasteiger partial charge is 0.174 e. The first-order valence-electron chi connectivity index (χ1n) is 4.51. The first-order valence-corrected chi connectivity index (χ1v) is 5.04. The summed E-state index contributed by atoms with van der Waals surface area (Å²) >= 11 is 5.52. The number of nitrogens with two attached hydrogens (primary N) is 1. The number of rotatable bonds is 1. The zero-order chi connectivity index (χ0) is 10.7. The van der Waals surface area contributed by atoms with Crippen LogP contribution >= 0.6 is 11.6 Å². The maximum atomic E-state index is 5.63. The number of hydrogen-bond acceptors (Lipinski definition) is 3. The molecule has 1 heterocycles. The molecule has 0 bridgehead atoms. The Labute approximate surface area is 92.2 Å². The summed E-state index contributed by atoms with van der Waals surface area (Å²) in [5, 5.41) is 4.47. The molecule has 0 aliphatic carbocycles. The molecule has 0 radical (unpaired) electrons. The molecule has 2 aromatic rings. The van der Waals surface area contributed by atoms with Gasteiger partial charge in [-0.25, -0.2) is 0 Å². The molecule has 4 heteroatoms. The van der Waals surface area contributed by atoms with Crippen molar-refractivity contribution in [2.45, 2.75) is 6.42 Å². The largest absolute Gasteiger partial charge is 0.380 e. The van der Waals surface area contributed by atoms with Crippen LogP contribution in [0.25, 0.3) is 11.0 Å². The van der Waals surface area contributed by atoms with E-state index in [1.165, 1.54) is 0 Å². The predicted octanol–water partition coefficient (Wildman–Crippen LogP) is 2.39. The van der Waals surface area contributed by atoms with Crippen molar-refractivity contribution in [3.63, 3.8) is 0 Å². The third kappa shape index (κ3) is 2.05. The Bertz CT molecular complexity index is 536. The van der Waals surface area contributed by atoms with Crippen molar-refractivity contribution < 1.29 is 4.52 Å². The molecule has 2 N–H and O–H groups in total. The number of benzene rings is 1. The molecular weight excluding hydrogens is 212 g/mol.